The van der Waals surface area contributed by atoms with Gasteiger partial charge in [-0.2, -0.15) is 5.10 Å². The molecular formula is C29H32N4O3. The van der Waals surface area contributed by atoms with Gasteiger partial charge in [-0.15, -0.1) is 0 Å². The van der Waals surface area contributed by atoms with Crippen LogP contribution in [0.5, 0.6) is 11.5 Å². The summed E-state index contributed by atoms with van der Waals surface area (Å²) in [6.07, 6.45) is 0. The number of hydrazone groups is 1. The smallest absolute Gasteiger partial charge is 0.271 e. The lowest BCUT2D eigenvalue weighted by atomic mass is 10.1. The van der Waals surface area contributed by atoms with Crippen molar-refractivity contribution in [1.29, 1.82) is 0 Å². The highest BCUT2D eigenvalue weighted by molar-refractivity contribution is 6.01. The van der Waals surface area contributed by atoms with E-state index in [2.05, 4.69) is 50.7 Å². The van der Waals surface area contributed by atoms with Gasteiger partial charge in [-0.25, -0.2) is 5.43 Å². The first-order valence-corrected chi connectivity index (χ1v) is 12.5. The van der Waals surface area contributed by atoms with Crippen molar-refractivity contribution in [2.45, 2.75) is 20.0 Å². The molecule has 36 heavy (non-hydrogen) atoms. The van der Waals surface area contributed by atoms with Gasteiger partial charge in [0.2, 0.25) is 0 Å². The van der Waals surface area contributed by atoms with E-state index in [1.807, 2.05) is 49.4 Å². The monoisotopic (exact) mass is 484 g/mol. The number of carbonyl (C=O) groups is 1. The summed E-state index contributed by atoms with van der Waals surface area (Å²) in [6.45, 7) is 9.06. The topological polar surface area (TPSA) is 66.4 Å². The minimum absolute atomic E-state index is 0.229. The number of piperazine rings is 1. The number of benzene rings is 3. The molecule has 2 aliphatic heterocycles. The van der Waals surface area contributed by atoms with Crippen LogP contribution in [0.2, 0.25) is 0 Å². The maximum absolute atomic E-state index is 12.6. The van der Waals surface area contributed by atoms with Crippen molar-refractivity contribution < 1.29 is 14.3 Å². The van der Waals surface area contributed by atoms with Gasteiger partial charge in [0.05, 0.1) is 5.71 Å². The van der Waals surface area contributed by atoms with Crippen molar-refractivity contribution in [2.75, 3.05) is 39.4 Å². The Hall–Kier alpha value is -3.68. The van der Waals surface area contributed by atoms with Crippen LogP contribution >= 0.6 is 0 Å². The van der Waals surface area contributed by atoms with E-state index >= 15 is 0 Å². The van der Waals surface area contributed by atoms with Crippen LogP contribution in [0.1, 0.15) is 34.0 Å². The second kappa shape index (κ2) is 11.4. The van der Waals surface area contributed by atoms with Crippen molar-refractivity contribution in [3.05, 3.63) is 95.1 Å². The van der Waals surface area contributed by atoms with E-state index < -0.39 is 0 Å². The van der Waals surface area contributed by atoms with Gasteiger partial charge in [-0.3, -0.25) is 14.6 Å². The second-order valence-corrected chi connectivity index (χ2v) is 9.23. The van der Waals surface area contributed by atoms with Gasteiger partial charge in [0, 0.05) is 50.4 Å². The fraction of sp³-hybridized carbons (Fsp3) is 0.310. The molecule has 7 nitrogen and oxygen atoms in total. The fourth-order valence-electron chi connectivity index (χ4n) is 4.50. The third-order valence-corrected chi connectivity index (χ3v) is 6.62. The predicted octanol–water partition coefficient (Wildman–Crippen LogP) is 3.93. The van der Waals surface area contributed by atoms with Crippen LogP contribution in [0.3, 0.4) is 0 Å². The molecule has 1 amide bonds. The number of carbonyl (C=O) groups excluding carboxylic acids is 1. The van der Waals surface area contributed by atoms with Crippen molar-refractivity contribution >= 4 is 11.6 Å². The normalized spacial score (nSPS) is 16.5. The first-order chi connectivity index (χ1) is 17.6. The van der Waals surface area contributed by atoms with Crippen LogP contribution in [0, 0.1) is 0 Å². The summed E-state index contributed by atoms with van der Waals surface area (Å²) in [5.74, 6) is 1.21. The molecular weight excluding hydrogens is 452 g/mol. The predicted molar refractivity (Wildman–Crippen MR) is 141 cm³/mol. The molecule has 1 saturated heterocycles. The maximum Gasteiger partial charge on any atom is 0.271 e. The molecule has 0 saturated carbocycles. The standard InChI is InChI=1S/C29H32N4O3/c1-22(26-11-12-27-28(19-26)36-18-17-35-27)30-31-29(34)25-9-7-24(8-10-25)21-33-15-13-32(14-16-33)20-23-5-3-2-4-6-23/h2-12,19H,13-18,20-21H2,1H3,(H,31,34)/b30-22-. The quantitative estimate of drug-likeness (QED) is 0.407. The molecule has 0 spiro atoms. The summed E-state index contributed by atoms with van der Waals surface area (Å²) in [6, 6.07) is 24.1. The maximum atomic E-state index is 12.6. The van der Waals surface area contributed by atoms with Crippen LogP contribution < -0.4 is 14.9 Å². The Morgan fingerprint density at radius 1 is 0.778 bits per heavy atom. The lowest BCUT2D eigenvalue weighted by molar-refractivity contribution is 0.0954. The van der Waals surface area contributed by atoms with Gasteiger partial charge in [-0.1, -0.05) is 42.5 Å². The minimum Gasteiger partial charge on any atom is -0.486 e. The molecule has 2 heterocycles. The van der Waals surface area contributed by atoms with Crippen LogP contribution in [-0.4, -0.2) is 60.8 Å². The Morgan fingerprint density at radius 2 is 1.36 bits per heavy atom. The molecule has 2 aliphatic rings. The molecule has 1 N–H and O–H groups in total. The zero-order valence-corrected chi connectivity index (χ0v) is 20.7. The van der Waals surface area contributed by atoms with Gasteiger partial charge in [-0.05, 0) is 48.4 Å². The van der Waals surface area contributed by atoms with Gasteiger partial charge >= 0.3 is 0 Å². The molecule has 0 atom stereocenters. The van der Waals surface area contributed by atoms with Crippen molar-refractivity contribution in [2.24, 2.45) is 5.10 Å². The molecule has 0 aromatic heterocycles. The zero-order chi connectivity index (χ0) is 24.7. The number of nitrogens with zero attached hydrogens (tertiary/aromatic N) is 3. The highest BCUT2D eigenvalue weighted by Gasteiger charge is 2.17. The van der Waals surface area contributed by atoms with E-state index in [9.17, 15) is 4.79 Å². The third-order valence-electron chi connectivity index (χ3n) is 6.62. The lowest BCUT2D eigenvalue weighted by Gasteiger charge is -2.34. The summed E-state index contributed by atoms with van der Waals surface area (Å²) in [4.78, 5) is 17.6. The molecule has 3 aromatic rings. The van der Waals surface area contributed by atoms with E-state index in [1.165, 1.54) is 11.1 Å². The van der Waals surface area contributed by atoms with E-state index in [0.717, 1.165) is 50.6 Å². The van der Waals surface area contributed by atoms with Gasteiger partial charge in [0.25, 0.3) is 5.91 Å². The molecule has 186 valence electrons. The molecule has 1 fully saturated rings. The fourth-order valence-corrected chi connectivity index (χ4v) is 4.50. The van der Waals surface area contributed by atoms with Gasteiger partial charge in [0.1, 0.15) is 13.2 Å². The molecule has 0 aliphatic carbocycles. The summed E-state index contributed by atoms with van der Waals surface area (Å²) >= 11 is 0. The first kappa shape index (κ1) is 24.0. The summed E-state index contributed by atoms with van der Waals surface area (Å²) in [5.41, 5.74) is 7.40. The van der Waals surface area contributed by atoms with E-state index in [1.54, 1.807) is 0 Å². The highest BCUT2D eigenvalue weighted by Crippen LogP contribution is 2.30. The van der Waals surface area contributed by atoms with E-state index in [-0.39, 0.29) is 5.91 Å². The van der Waals surface area contributed by atoms with Crippen molar-refractivity contribution in [1.82, 2.24) is 15.2 Å². The number of amides is 1. The van der Waals surface area contributed by atoms with Crippen LogP contribution in [-0.2, 0) is 13.1 Å². The van der Waals surface area contributed by atoms with Gasteiger partial charge < -0.3 is 9.47 Å². The average molecular weight is 485 g/mol. The highest BCUT2D eigenvalue weighted by atomic mass is 16.6. The Balaban J connectivity index is 1.10. The number of hydrogen-bond donors (Lipinski definition) is 1. The Labute approximate surface area is 212 Å². The summed E-state index contributed by atoms with van der Waals surface area (Å²) in [7, 11) is 0. The molecule has 0 unspecified atom stereocenters. The Bertz CT molecular complexity index is 1200. The molecule has 0 radical (unpaired) electrons. The number of fused-ring (bicyclic) bond motifs is 1. The molecule has 5 rings (SSSR count). The van der Waals surface area contributed by atoms with E-state index in [4.69, 9.17) is 9.47 Å². The number of hydrogen-bond acceptors (Lipinski definition) is 6. The number of ether oxygens (including phenoxy) is 2. The second-order valence-electron chi connectivity index (χ2n) is 9.23. The Kier molecular flexibility index (Phi) is 7.59. The van der Waals surface area contributed by atoms with Crippen LogP contribution in [0.15, 0.2) is 77.9 Å². The molecule has 7 heteroatoms. The van der Waals surface area contributed by atoms with Crippen molar-refractivity contribution in [3.63, 3.8) is 0 Å². The first-order valence-electron chi connectivity index (χ1n) is 12.5. The van der Waals surface area contributed by atoms with Gasteiger partial charge in [0.15, 0.2) is 11.5 Å². The molecule has 3 aromatic carbocycles. The minimum atomic E-state index is -0.229. The number of nitrogens with one attached hydrogen (secondary N) is 1. The van der Waals surface area contributed by atoms with Crippen LogP contribution in [0.25, 0.3) is 0 Å². The SMILES string of the molecule is C/C(=N/NC(=O)c1ccc(CN2CCN(Cc3ccccc3)CC2)cc1)c1ccc2c(c1)OCCO2. The zero-order valence-electron chi connectivity index (χ0n) is 20.7. The number of rotatable bonds is 7. The largest absolute Gasteiger partial charge is 0.486 e. The Morgan fingerprint density at radius 3 is 2.03 bits per heavy atom. The average Bonchev–Trinajstić information content (AvgIpc) is 2.93. The summed E-state index contributed by atoms with van der Waals surface area (Å²) < 4.78 is 11.2. The van der Waals surface area contributed by atoms with E-state index in [0.29, 0.717) is 30.2 Å². The molecule has 0 bridgehead atoms. The third kappa shape index (κ3) is 6.11. The lowest BCUT2D eigenvalue weighted by Crippen LogP contribution is -2.45. The van der Waals surface area contributed by atoms with Crippen LogP contribution in [0.4, 0.5) is 0 Å². The van der Waals surface area contributed by atoms with Crippen molar-refractivity contribution in [3.8, 4) is 11.5 Å². The summed E-state index contributed by atoms with van der Waals surface area (Å²) in [5, 5.41) is 4.28.